The molecule has 6 heteroatoms. The van der Waals surface area contributed by atoms with Gasteiger partial charge in [0.05, 0.1) is 0 Å². The first-order valence-corrected chi connectivity index (χ1v) is 13.0. The molecule has 1 heterocycles. The highest BCUT2D eigenvalue weighted by atomic mass is 16.7. The predicted molar refractivity (Wildman–Crippen MR) is 128 cm³/mol. The largest absolute Gasteiger partial charge is 0.405 e. The Balaban J connectivity index is 0.000000730. The minimum atomic E-state index is -0.479. The average molecular weight is 451 g/mol. The third-order valence-corrected chi connectivity index (χ3v) is 6.16. The molecule has 1 saturated carbocycles. The lowest BCUT2D eigenvalue weighted by atomic mass is 9.94. The van der Waals surface area contributed by atoms with Gasteiger partial charge in [0.15, 0.2) is 0 Å². The smallest absolute Gasteiger partial charge is 0.333 e. The van der Waals surface area contributed by atoms with Crippen LogP contribution in [0.5, 0.6) is 0 Å². The van der Waals surface area contributed by atoms with Gasteiger partial charge in [-0.05, 0) is 31.9 Å². The van der Waals surface area contributed by atoms with E-state index < -0.39 is 17.8 Å². The molecule has 2 amide bonds. The van der Waals surface area contributed by atoms with Crippen LogP contribution in [0.1, 0.15) is 135 Å². The number of nitrogens with two attached hydrogens (primary N) is 1. The van der Waals surface area contributed by atoms with Crippen molar-refractivity contribution in [2.45, 2.75) is 135 Å². The van der Waals surface area contributed by atoms with Gasteiger partial charge in [0.2, 0.25) is 0 Å². The van der Waals surface area contributed by atoms with Crippen LogP contribution < -0.4 is 5.73 Å². The number of hydrogen-bond donors (Lipinski definition) is 1. The second-order valence-corrected chi connectivity index (χ2v) is 9.07. The van der Waals surface area contributed by atoms with Gasteiger partial charge in [-0.15, -0.1) is 5.06 Å². The zero-order valence-corrected chi connectivity index (χ0v) is 20.4. The van der Waals surface area contributed by atoms with Crippen LogP contribution in [0.4, 0.5) is 0 Å². The molecule has 0 atom stereocenters. The summed E-state index contributed by atoms with van der Waals surface area (Å²) in [6, 6.07) is 0. The minimum absolute atomic E-state index is 0.144. The molecule has 2 N–H and O–H groups in total. The summed E-state index contributed by atoms with van der Waals surface area (Å²) in [5.74, 6) is -1.30. The van der Waals surface area contributed by atoms with Crippen molar-refractivity contribution in [3.05, 3.63) is 11.8 Å². The zero-order valence-electron chi connectivity index (χ0n) is 20.4. The number of amides is 2. The molecule has 0 bridgehead atoms. The maximum Gasteiger partial charge on any atom is 0.333 e. The molecule has 0 spiro atoms. The van der Waals surface area contributed by atoms with Crippen molar-refractivity contribution in [2.24, 2.45) is 5.73 Å². The van der Waals surface area contributed by atoms with Gasteiger partial charge in [-0.25, -0.2) is 4.79 Å². The summed E-state index contributed by atoms with van der Waals surface area (Å²) >= 11 is 0. The van der Waals surface area contributed by atoms with Gasteiger partial charge in [0.1, 0.15) is 0 Å². The van der Waals surface area contributed by atoms with Crippen LogP contribution in [0.2, 0.25) is 0 Å². The maximum atomic E-state index is 11.6. The number of hydroxylamine groups is 2. The molecule has 0 aromatic rings. The quantitative estimate of drug-likeness (QED) is 0.215. The van der Waals surface area contributed by atoms with Crippen molar-refractivity contribution in [1.29, 1.82) is 0 Å². The van der Waals surface area contributed by atoms with E-state index in [1.165, 1.54) is 95.5 Å². The molecule has 2 fully saturated rings. The average Bonchev–Trinajstić information content (AvgIpc) is 3.05. The molecule has 0 unspecified atom stereocenters. The lowest BCUT2D eigenvalue weighted by molar-refractivity contribution is -0.197. The summed E-state index contributed by atoms with van der Waals surface area (Å²) in [7, 11) is 0. The summed E-state index contributed by atoms with van der Waals surface area (Å²) in [6.45, 7) is 2.25. The first-order valence-electron chi connectivity index (χ1n) is 13.0. The van der Waals surface area contributed by atoms with Gasteiger partial charge in [-0.3, -0.25) is 9.59 Å². The Labute approximate surface area is 195 Å². The van der Waals surface area contributed by atoms with Gasteiger partial charge >= 0.3 is 5.97 Å². The molecule has 1 aliphatic carbocycles. The van der Waals surface area contributed by atoms with Gasteiger partial charge < -0.3 is 10.6 Å². The molecule has 1 aliphatic heterocycles. The van der Waals surface area contributed by atoms with Crippen molar-refractivity contribution in [1.82, 2.24) is 5.06 Å². The lowest BCUT2D eigenvalue weighted by Gasteiger charge is -2.13. The number of carbonyl (C=O) groups excluding carboxylic acids is 3. The van der Waals surface area contributed by atoms with Crippen LogP contribution in [0, 0.1) is 0 Å². The third-order valence-electron chi connectivity index (χ3n) is 6.16. The van der Waals surface area contributed by atoms with E-state index in [9.17, 15) is 14.4 Å². The molecule has 184 valence electrons. The number of allylic oxidation sites excluding steroid dienone is 1. The highest BCUT2D eigenvalue weighted by molar-refractivity contribution is 6.01. The monoisotopic (exact) mass is 450 g/mol. The summed E-state index contributed by atoms with van der Waals surface area (Å²) in [6.07, 6.45) is 23.8. The molecular weight excluding hydrogens is 404 g/mol. The highest BCUT2D eigenvalue weighted by Gasteiger charge is 2.32. The molecule has 1 saturated heterocycles. The number of imide groups is 1. The molecule has 2 aliphatic rings. The minimum Gasteiger partial charge on any atom is -0.405 e. The van der Waals surface area contributed by atoms with Crippen LogP contribution in [-0.4, -0.2) is 22.8 Å². The van der Waals surface area contributed by atoms with E-state index in [1.807, 2.05) is 0 Å². The fourth-order valence-electron chi connectivity index (χ4n) is 3.82. The van der Waals surface area contributed by atoms with Gasteiger partial charge in [0.25, 0.3) is 11.8 Å². The Morgan fingerprint density at radius 3 is 1.56 bits per heavy atom. The number of hydrogen-bond acceptors (Lipinski definition) is 5. The van der Waals surface area contributed by atoms with E-state index in [4.69, 9.17) is 10.6 Å². The second kappa shape index (κ2) is 18.7. The number of rotatable bonds is 16. The fourth-order valence-corrected chi connectivity index (χ4v) is 3.82. The summed E-state index contributed by atoms with van der Waals surface area (Å²) in [5.41, 5.74) is 6.60. The van der Waals surface area contributed by atoms with Gasteiger partial charge in [-0.2, -0.15) is 0 Å². The van der Waals surface area contributed by atoms with Crippen LogP contribution in [-0.2, 0) is 19.2 Å². The van der Waals surface area contributed by atoms with Crippen LogP contribution in [0.3, 0.4) is 0 Å². The molecular formula is C26H46N2O4. The molecule has 0 aromatic carbocycles. The Kier molecular flexibility index (Phi) is 16.5. The Hall–Kier alpha value is -1.85. The Bertz CT molecular complexity index is 552. The van der Waals surface area contributed by atoms with E-state index in [0.29, 0.717) is 5.06 Å². The topological polar surface area (TPSA) is 89.7 Å². The maximum absolute atomic E-state index is 11.6. The van der Waals surface area contributed by atoms with Crippen molar-refractivity contribution in [3.63, 3.8) is 0 Å². The van der Waals surface area contributed by atoms with Crippen LogP contribution >= 0.6 is 0 Å². The Morgan fingerprint density at radius 2 is 1.22 bits per heavy atom. The SMILES string of the molecule is CCCCCCCCCCCCCCCCC(=O)ON1C(=O)CCC1=O.NC=C1CCC1. The summed E-state index contributed by atoms with van der Waals surface area (Å²) in [5, 5.41) is 0.631. The van der Waals surface area contributed by atoms with E-state index in [2.05, 4.69) is 6.92 Å². The zero-order chi connectivity index (χ0) is 23.4. The van der Waals surface area contributed by atoms with Crippen molar-refractivity contribution >= 4 is 17.8 Å². The molecule has 2 rings (SSSR count). The second-order valence-electron chi connectivity index (χ2n) is 9.07. The number of carbonyl (C=O) groups is 3. The highest BCUT2D eigenvalue weighted by Crippen LogP contribution is 2.23. The normalized spacial score (nSPS) is 15.3. The fraction of sp³-hybridized carbons (Fsp3) is 0.808. The van der Waals surface area contributed by atoms with Gasteiger partial charge in [0, 0.05) is 19.3 Å². The van der Waals surface area contributed by atoms with Crippen molar-refractivity contribution in [2.75, 3.05) is 0 Å². The van der Waals surface area contributed by atoms with E-state index >= 15 is 0 Å². The third kappa shape index (κ3) is 13.5. The predicted octanol–water partition coefficient (Wildman–Crippen LogP) is 6.48. The van der Waals surface area contributed by atoms with E-state index in [-0.39, 0.29) is 19.3 Å². The summed E-state index contributed by atoms with van der Waals surface area (Å²) < 4.78 is 0. The van der Waals surface area contributed by atoms with E-state index in [1.54, 1.807) is 6.20 Å². The van der Waals surface area contributed by atoms with Crippen molar-refractivity contribution < 1.29 is 19.2 Å². The summed E-state index contributed by atoms with van der Waals surface area (Å²) in [4.78, 5) is 39.2. The Morgan fingerprint density at radius 1 is 0.781 bits per heavy atom. The molecule has 32 heavy (non-hydrogen) atoms. The van der Waals surface area contributed by atoms with Gasteiger partial charge in [-0.1, -0.05) is 96.0 Å². The molecule has 0 aromatic heterocycles. The lowest BCUT2D eigenvalue weighted by Crippen LogP contribution is -2.31. The van der Waals surface area contributed by atoms with Crippen molar-refractivity contribution in [3.8, 4) is 0 Å². The number of unbranched alkanes of at least 4 members (excludes halogenated alkanes) is 13. The standard InChI is InChI=1S/C21H37NO4.C5H9N/c1-2-3-4-5-6-7-8-9-10-11-12-13-14-15-16-21(25)26-22-19(23)17-18-20(22)24;6-4-5-2-1-3-5/h2-18H2,1H3;4H,1-3,6H2. The molecule has 0 radical (unpaired) electrons. The first kappa shape index (κ1) is 28.2. The van der Waals surface area contributed by atoms with Crippen LogP contribution in [0.15, 0.2) is 11.8 Å². The van der Waals surface area contributed by atoms with Crippen LogP contribution in [0.25, 0.3) is 0 Å². The number of nitrogens with zero attached hydrogens (tertiary/aromatic N) is 1. The first-order chi connectivity index (χ1) is 15.6. The molecule has 6 nitrogen and oxygen atoms in total. The van der Waals surface area contributed by atoms with E-state index in [0.717, 1.165) is 19.3 Å².